The Hall–Kier alpha value is -3.89. The largest absolute Gasteiger partial charge is 0.574 e. The van der Waals surface area contributed by atoms with Gasteiger partial charge in [0.15, 0.2) is 0 Å². The van der Waals surface area contributed by atoms with Crippen molar-refractivity contribution in [2.45, 2.75) is 32.7 Å². The summed E-state index contributed by atoms with van der Waals surface area (Å²) in [4.78, 5) is 19.3. The van der Waals surface area contributed by atoms with E-state index in [0.717, 1.165) is 50.0 Å². The molecule has 0 aliphatic carbocycles. The summed E-state index contributed by atoms with van der Waals surface area (Å²) in [6.07, 6.45) is -2.00. The molecule has 3 heterocycles. The van der Waals surface area contributed by atoms with Gasteiger partial charge in [-0.3, -0.25) is 4.79 Å². The third-order valence-corrected chi connectivity index (χ3v) is 5.80. The van der Waals surface area contributed by atoms with E-state index in [-0.39, 0.29) is 12.5 Å². The van der Waals surface area contributed by atoms with Crippen LogP contribution in [0.25, 0.3) is 0 Å². The van der Waals surface area contributed by atoms with Crippen molar-refractivity contribution in [3.63, 3.8) is 0 Å². The molecule has 2 aromatic heterocycles. The number of anilines is 1. The lowest BCUT2D eigenvalue weighted by Crippen LogP contribution is -2.48. The van der Waals surface area contributed by atoms with Crippen LogP contribution in [0.5, 0.6) is 11.8 Å². The molecule has 0 spiro atoms. The van der Waals surface area contributed by atoms with Crippen LogP contribution in [0.15, 0.2) is 54.7 Å². The Morgan fingerprint density at radius 3 is 2.17 bits per heavy atom. The monoisotopic (exact) mass is 501 g/mol. The molecule has 36 heavy (non-hydrogen) atoms. The lowest BCUT2D eigenvalue weighted by molar-refractivity contribution is -0.276. The van der Waals surface area contributed by atoms with Gasteiger partial charge in [-0.15, -0.1) is 18.3 Å². The van der Waals surface area contributed by atoms with Crippen LogP contribution < -0.4 is 14.4 Å². The molecule has 1 fully saturated rings. The second-order valence-corrected chi connectivity index (χ2v) is 8.36. The van der Waals surface area contributed by atoms with Crippen molar-refractivity contribution < 1.29 is 27.4 Å². The van der Waals surface area contributed by atoms with E-state index in [9.17, 15) is 18.0 Å². The van der Waals surface area contributed by atoms with Gasteiger partial charge in [-0.25, -0.2) is 4.98 Å². The molecule has 4 rings (SSSR count). The SMILES string of the molecule is CC(=O)N1CCN(c2ccc(CCc3ccc(OCc4ccc(OC(F)(F)F)nc4)nn3)cc2)CC1. The van der Waals surface area contributed by atoms with E-state index in [1.807, 2.05) is 11.0 Å². The second kappa shape index (κ2) is 11.2. The molecule has 1 aliphatic rings. The van der Waals surface area contributed by atoms with Crippen LogP contribution in [0.1, 0.15) is 23.7 Å². The number of ether oxygens (including phenoxy) is 2. The lowest BCUT2D eigenvalue weighted by atomic mass is 10.1. The molecule has 0 saturated carbocycles. The number of halogens is 3. The molecule has 0 atom stereocenters. The van der Waals surface area contributed by atoms with E-state index in [1.54, 1.807) is 13.0 Å². The maximum atomic E-state index is 12.2. The van der Waals surface area contributed by atoms with Crippen molar-refractivity contribution >= 4 is 11.6 Å². The minimum atomic E-state index is -4.78. The van der Waals surface area contributed by atoms with Crippen molar-refractivity contribution in [3.8, 4) is 11.8 Å². The van der Waals surface area contributed by atoms with E-state index in [0.29, 0.717) is 17.9 Å². The highest BCUT2D eigenvalue weighted by atomic mass is 19.4. The first-order chi connectivity index (χ1) is 17.2. The van der Waals surface area contributed by atoms with Crippen molar-refractivity contribution in [1.82, 2.24) is 20.1 Å². The maximum absolute atomic E-state index is 12.2. The summed E-state index contributed by atoms with van der Waals surface area (Å²) in [6.45, 7) is 4.85. The van der Waals surface area contributed by atoms with Crippen LogP contribution in [-0.4, -0.2) is 58.5 Å². The van der Waals surface area contributed by atoms with Gasteiger partial charge in [0.05, 0.1) is 5.69 Å². The molecule has 11 heteroatoms. The molecule has 1 amide bonds. The zero-order chi connectivity index (χ0) is 25.5. The molecule has 8 nitrogen and oxygen atoms in total. The molecule has 0 unspecified atom stereocenters. The summed E-state index contributed by atoms with van der Waals surface area (Å²) in [6, 6.07) is 14.5. The van der Waals surface area contributed by atoms with Crippen LogP contribution in [0.2, 0.25) is 0 Å². The van der Waals surface area contributed by atoms with Crippen LogP contribution in [0, 0.1) is 0 Å². The number of benzene rings is 1. The smallest absolute Gasteiger partial charge is 0.472 e. The first kappa shape index (κ1) is 25.2. The Bertz CT molecular complexity index is 1130. The number of hydrogen-bond acceptors (Lipinski definition) is 7. The highest BCUT2D eigenvalue weighted by Crippen LogP contribution is 2.21. The zero-order valence-electron chi connectivity index (χ0n) is 19.7. The fourth-order valence-electron chi connectivity index (χ4n) is 3.82. The molecule has 1 aromatic carbocycles. The molecule has 190 valence electrons. The van der Waals surface area contributed by atoms with Crippen LogP contribution in [0.4, 0.5) is 18.9 Å². The zero-order valence-corrected chi connectivity index (χ0v) is 19.7. The van der Waals surface area contributed by atoms with Gasteiger partial charge in [0.25, 0.3) is 0 Å². The van der Waals surface area contributed by atoms with E-state index in [4.69, 9.17) is 4.74 Å². The summed E-state index contributed by atoms with van der Waals surface area (Å²) in [5, 5.41) is 8.26. The minimum absolute atomic E-state index is 0.0868. The fourth-order valence-corrected chi connectivity index (χ4v) is 3.82. The topological polar surface area (TPSA) is 80.7 Å². The molecule has 0 radical (unpaired) electrons. The van der Waals surface area contributed by atoms with Crippen molar-refractivity contribution in [1.29, 1.82) is 0 Å². The van der Waals surface area contributed by atoms with Gasteiger partial charge in [-0.2, -0.15) is 5.10 Å². The van der Waals surface area contributed by atoms with Gasteiger partial charge in [-0.05, 0) is 42.7 Å². The van der Waals surface area contributed by atoms with Gasteiger partial charge in [0, 0.05) is 62.7 Å². The van der Waals surface area contributed by atoms with Crippen LogP contribution in [-0.2, 0) is 24.2 Å². The third kappa shape index (κ3) is 7.30. The number of hydrogen-bond donors (Lipinski definition) is 0. The summed E-state index contributed by atoms with van der Waals surface area (Å²) < 4.78 is 45.9. The number of carbonyl (C=O) groups excluding carboxylic acids is 1. The molecule has 1 saturated heterocycles. The lowest BCUT2D eigenvalue weighted by Gasteiger charge is -2.35. The number of pyridine rings is 1. The number of amides is 1. The number of aryl methyl sites for hydroxylation is 2. The number of carbonyl (C=O) groups is 1. The third-order valence-electron chi connectivity index (χ3n) is 5.80. The normalized spacial score (nSPS) is 14.0. The average Bonchev–Trinajstić information content (AvgIpc) is 2.87. The summed E-state index contributed by atoms with van der Waals surface area (Å²) in [5.74, 6) is -0.0979. The van der Waals surface area contributed by atoms with Gasteiger partial charge in [0.2, 0.25) is 17.7 Å². The number of nitrogens with zero attached hydrogens (tertiary/aromatic N) is 5. The van der Waals surface area contributed by atoms with Gasteiger partial charge in [0.1, 0.15) is 6.61 Å². The molecular formula is C25H26F3N5O3. The van der Waals surface area contributed by atoms with Crippen molar-refractivity contribution in [3.05, 3.63) is 71.5 Å². The quantitative estimate of drug-likeness (QED) is 0.465. The van der Waals surface area contributed by atoms with Gasteiger partial charge < -0.3 is 19.3 Å². The Labute approximate surface area is 206 Å². The van der Waals surface area contributed by atoms with Gasteiger partial charge >= 0.3 is 6.36 Å². The highest BCUT2D eigenvalue weighted by Gasteiger charge is 2.31. The number of alkyl halides is 3. The molecular weight excluding hydrogens is 475 g/mol. The molecule has 1 aliphatic heterocycles. The van der Waals surface area contributed by atoms with E-state index in [2.05, 4.69) is 49.1 Å². The van der Waals surface area contributed by atoms with Crippen LogP contribution >= 0.6 is 0 Å². The van der Waals surface area contributed by atoms with Crippen LogP contribution in [0.3, 0.4) is 0 Å². The molecule has 0 bridgehead atoms. The number of rotatable bonds is 8. The number of aromatic nitrogens is 3. The Morgan fingerprint density at radius 2 is 1.58 bits per heavy atom. The van der Waals surface area contributed by atoms with E-state index >= 15 is 0 Å². The second-order valence-electron chi connectivity index (χ2n) is 8.36. The molecule has 0 N–H and O–H groups in total. The first-order valence-corrected chi connectivity index (χ1v) is 11.5. The molecule has 3 aromatic rings. The maximum Gasteiger partial charge on any atom is 0.574 e. The average molecular weight is 502 g/mol. The van der Waals surface area contributed by atoms with E-state index < -0.39 is 12.2 Å². The summed E-state index contributed by atoms with van der Waals surface area (Å²) in [7, 11) is 0. The minimum Gasteiger partial charge on any atom is -0.472 e. The highest BCUT2D eigenvalue weighted by molar-refractivity contribution is 5.73. The summed E-state index contributed by atoms with van der Waals surface area (Å²) >= 11 is 0. The van der Waals surface area contributed by atoms with Crippen molar-refractivity contribution in [2.75, 3.05) is 31.1 Å². The predicted octanol–water partition coefficient (Wildman–Crippen LogP) is 3.80. The van der Waals surface area contributed by atoms with Crippen molar-refractivity contribution in [2.24, 2.45) is 0 Å². The summed E-state index contributed by atoms with van der Waals surface area (Å²) in [5.41, 5.74) is 3.73. The van der Waals surface area contributed by atoms with E-state index in [1.165, 1.54) is 17.8 Å². The number of piperazine rings is 1. The Morgan fingerprint density at radius 1 is 0.889 bits per heavy atom. The first-order valence-electron chi connectivity index (χ1n) is 11.5. The fraction of sp³-hybridized carbons (Fsp3) is 0.360. The predicted molar refractivity (Wildman–Crippen MR) is 126 cm³/mol. The Kier molecular flexibility index (Phi) is 7.87. The van der Waals surface area contributed by atoms with Gasteiger partial charge in [-0.1, -0.05) is 12.1 Å². The standard InChI is InChI=1S/C25H26F3N5O3/c1-18(34)32-12-14-33(15-13-32)22-8-3-19(4-9-22)2-6-21-7-11-24(31-30-21)35-17-20-5-10-23(29-16-20)36-25(26,27)28/h3-5,7-11,16H,2,6,12-15,17H2,1H3. The Balaban J connectivity index is 1.21.